The largest absolute Gasteiger partial charge is 0.385 e. The van der Waals surface area contributed by atoms with E-state index < -0.39 is 0 Å². The molecule has 0 aliphatic carbocycles. The summed E-state index contributed by atoms with van der Waals surface area (Å²) >= 11 is 2.04. The van der Waals surface area contributed by atoms with E-state index in [1.165, 1.54) is 34.8 Å². The van der Waals surface area contributed by atoms with Crippen LogP contribution in [0.25, 0.3) is 0 Å². The smallest absolute Gasteiger partial charge is 0.0356 e. The van der Waals surface area contributed by atoms with Gasteiger partial charge in [0.05, 0.1) is 0 Å². The second kappa shape index (κ2) is 6.15. The van der Waals surface area contributed by atoms with Crippen LogP contribution in [0, 0.1) is 6.92 Å². The van der Waals surface area contributed by atoms with Crippen LogP contribution in [0.4, 0.5) is 0 Å². The Morgan fingerprint density at radius 2 is 2.18 bits per heavy atom. The molecule has 0 spiro atoms. The lowest BCUT2D eigenvalue weighted by atomic mass is 10.1. The lowest BCUT2D eigenvalue weighted by Crippen LogP contribution is -2.27. The Balaban J connectivity index is 1.73. The molecule has 1 atom stereocenters. The van der Waals surface area contributed by atoms with Gasteiger partial charge in [-0.25, -0.2) is 0 Å². The fourth-order valence-corrected chi connectivity index (χ4v) is 3.21. The number of hydrogen-bond donors (Lipinski definition) is 1. The first kappa shape index (κ1) is 12.6. The van der Waals surface area contributed by atoms with Crippen molar-refractivity contribution in [1.29, 1.82) is 0 Å². The third-order valence-corrected chi connectivity index (χ3v) is 4.34. The molecule has 0 saturated carbocycles. The van der Waals surface area contributed by atoms with Gasteiger partial charge < -0.3 is 5.32 Å². The van der Waals surface area contributed by atoms with Crippen LogP contribution in [0.15, 0.2) is 36.5 Å². The van der Waals surface area contributed by atoms with Crippen LogP contribution in [-0.2, 0) is 6.42 Å². The van der Waals surface area contributed by atoms with Crippen molar-refractivity contribution >= 4 is 11.8 Å². The van der Waals surface area contributed by atoms with Crippen molar-refractivity contribution in [2.45, 2.75) is 32.2 Å². The van der Waals surface area contributed by atoms with E-state index in [1.807, 2.05) is 11.8 Å². The molecule has 1 aliphatic rings. The third-order valence-electron chi connectivity index (χ3n) is 3.17. The third kappa shape index (κ3) is 4.12. The molecule has 1 nitrogen and oxygen atoms in total. The van der Waals surface area contributed by atoms with Crippen LogP contribution in [0.2, 0.25) is 0 Å². The quantitative estimate of drug-likeness (QED) is 0.854. The van der Waals surface area contributed by atoms with Crippen LogP contribution < -0.4 is 5.32 Å². The van der Waals surface area contributed by atoms with Gasteiger partial charge in [0.15, 0.2) is 0 Å². The minimum absolute atomic E-state index is 0.658. The van der Waals surface area contributed by atoms with Gasteiger partial charge in [-0.1, -0.05) is 36.4 Å². The second-order valence-corrected chi connectivity index (χ2v) is 5.94. The first-order valence-corrected chi connectivity index (χ1v) is 7.47. The standard InChI is InChI=1S/C15H21NS/c1-12-3-6-14(7-4-12)8-5-13(2)16-15-9-10-17-11-15/h3-4,6-7,15-16H,2,5,8-11H2,1H3. The fraction of sp³-hybridized carbons (Fsp3) is 0.467. The van der Waals surface area contributed by atoms with Gasteiger partial charge in [0.25, 0.3) is 0 Å². The van der Waals surface area contributed by atoms with Crippen LogP contribution in [0.1, 0.15) is 24.0 Å². The molecular formula is C15H21NS. The lowest BCUT2D eigenvalue weighted by Gasteiger charge is -2.15. The molecule has 92 valence electrons. The van der Waals surface area contributed by atoms with Gasteiger partial charge in [0, 0.05) is 17.5 Å². The molecule has 2 heteroatoms. The van der Waals surface area contributed by atoms with E-state index in [1.54, 1.807) is 0 Å². The second-order valence-electron chi connectivity index (χ2n) is 4.79. The maximum atomic E-state index is 4.13. The highest BCUT2D eigenvalue weighted by Crippen LogP contribution is 2.18. The molecule has 1 fully saturated rings. The molecule has 0 bridgehead atoms. The molecule has 0 amide bonds. The predicted molar refractivity (Wildman–Crippen MR) is 77.5 cm³/mol. The van der Waals surface area contributed by atoms with E-state index in [0.717, 1.165) is 12.8 Å². The molecule has 0 aromatic heterocycles. The highest BCUT2D eigenvalue weighted by atomic mass is 32.2. The van der Waals surface area contributed by atoms with Gasteiger partial charge in [0.2, 0.25) is 0 Å². The van der Waals surface area contributed by atoms with Gasteiger partial charge in [-0.3, -0.25) is 0 Å². The van der Waals surface area contributed by atoms with Crippen molar-refractivity contribution in [3.8, 4) is 0 Å². The van der Waals surface area contributed by atoms with Crippen molar-refractivity contribution < 1.29 is 0 Å². The Hall–Kier alpha value is -0.890. The number of nitrogens with one attached hydrogen (secondary N) is 1. The average Bonchev–Trinajstić information content (AvgIpc) is 2.81. The van der Waals surface area contributed by atoms with E-state index in [-0.39, 0.29) is 0 Å². The van der Waals surface area contributed by atoms with Crippen molar-refractivity contribution in [2.24, 2.45) is 0 Å². The van der Waals surface area contributed by atoms with Gasteiger partial charge in [0.1, 0.15) is 0 Å². The number of thioether (sulfide) groups is 1. The highest BCUT2D eigenvalue weighted by Gasteiger charge is 2.14. The van der Waals surface area contributed by atoms with Gasteiger partial charge in [-0.2, -0.15) is 11.8 Å². The molecule has 17 heavy (non-hydrogen) atoms. The van der Waals surface area contributed by atoms with E-state index in [4.69, 9.17) is 0 Å². The summed E-state index contributed by atoms with van der Waals surface area (Å²) in [5.74, 6) is 2.53. The molecule has 1 heterocycles. The molecule has 1 N–H and O–H groups in total. The zero-order chi connectivity index (χ0) is 12.1. The monoisotopic (exact) mass is 247 g/mol. The molecule has 2 rings (SSSR count). The number of allylic oxidation sites excluding steroid dienone is 1. The van der Waals surface area contributed by atoms with E-state index in [9.17, 15) is 0 Å². The predicted octanol–water partition coefficient (Wildman–Crippen LogP) is 3.54. The zero-order valence-corrected chi connectivity index (χ0v) is 11.4. The average molecular weight is 247 g/mol. The van der Waals surface area contributed by atoms with Crippen LogP contribution in [0.5, 0.6) is 0 Å². The SMILES string of the molecule is C=C(CCc1ccc(C)cc1)NC1CCSC1. The normalized spacial score (nSPS) is 19.2. The summed E-state index contributed by atoms with van der Waals surface area (Å²) in [6, 6.07) is 9.45. The van der Waals surface area contributed by atoms with E-state index >= 15 is 0 Å². The van der Waals surface area contributed by atoms with Crippen LogP contribution >= 0.6 is 11.8 Å². The Kier molecular flexibility index (Phi) is 4.55. The minimum atomic E-state index is 0.658. The Morgan fingerprint density at radius 1 is 1.41 bits per heavy atom. The summed E-state index contributed by atoms with van der Waals surface area (Å²) < 4.78 is 0. The van der Waals surface area contributed by atoms with Crippen molar-refractivity contribution in [3.05, 3.63) is 47.7 Å². The molecule has 1 saturated heterocycles. The number of aryl methyl sites for hydroxylation is 2. The number of rotatable bonds is 5. The van der Waals surface area contributed by atoms with E-state index in [0.29, 0.717) is 6.04 Å². The first-order chi connectivity index (χ1) is 8.24. The van der Waals surface area contributed by atoms with Crippen molar-refractivity contribution in [1.82, 2.24) is 5.32 Å². The number of benzene rings is 1. The van der Waals surface area contributed by atoms with Gasteiger partial charge in [-0.15, -0.1) is 0 Å². The summed E-state index contributed by atoms with van der Waals surface area (Å²) in [4.78, 5) is 0. The maximum Gasteiger partial charge on any atom is 0.0356 e. The summed E-state index contributed by atoms with van der Waals surface area (Å²) in [7, 11) is 0. The lowest BCUT2D eigenvalue weighted by molar-refractivity contribution is 0.607. The molecule has 1 aromatic rings. The molecule has 0 radical (unpaired) electrons. The Labute approximate surface area is 109 Å². The van der Waals surface area contributed by atoms with Crippen molar-refractivity contribution in [3.63, 3.8) is 0 Å². The van der Waals surface area contributed by atoms with Crippen molar-refractivity contribution in [2.75, 3.05) is 11.5 Å². The Bertz CT molecular complexity index is 363. The molecular weight excluding hydrogens is 226 g/mol. The number of hydrogen-bond acceptors (Lipinski definition) is 2. The topological polar surface area (TPSA) is 12.0 Å². The Morgan fingerprint density at radius 3 is 2.82 bits per heavy atom. The van der Waals surface area contributed by atoms with Crippen LogP contribution in [-0.4, -0.2) is 17.5 Å². The van der Waals surface area contributed by atoms with Gasteiger partial charge >= 0.3 is 0 Å². The molecule has 1 unspecified atom stereocenters. The van der Waals surface area contributed by atoms with E-state index in [2.05, 4.69) is 43.1 Å². The molecule has 1 aromatic carbocycles. The van der Waals surface area contributed by atoms with Crippen LogP contribution in [0.3, 0.4) is 0 Å². The fourth-order valence-electron chi connectivity index (χ4n) is 2.06. The first-order valence-electron chi connectivity index (χ1n) is 6.31. The summed E-state index contributed by atoms with van der Waals surface area (Å²) in [5, 5.41) is 3.55. The summed E-state index contributed by atoms with van der Waals surface area (Å²) in [6.45, 7) is 6.26. The minimum Gasteiger partial charge on any atom is -0.385 e. The highest BCUT2D eigenvalue weighted by molar-refractivity contribution is 7.99. The maximum absolute atomic E-state index is 4.13. The molecule has 1 aliphatic heterocycles. The van der Waals surface area contributed by atoms with Gasteiger partial charge in [-0.05, 0) is 37.5 Å². The summed E-state index contributed by atoms with van der Waals surface area (Å²) in [5.41, 5.74) is 3.92. The summed E-state index contributed by atoms with van der Waals surface area (Å²) in [6.07, 6.45) is 3.42. The zero-order valence-electron chi connectivity index (χ0n) is 10.5.